The first-order valence-electron chi connectivity index (χ1n) is 8.87. The standard InChI is InChI=1S/C19H29N3O/c1-4-9-17-14-16-11-8-12-20-18(16)22(19(17)23)21-13-7-5-6-10-15(2)3/h8,11-12,14-15,21H,4-7,9-10,13H2,1-3H3. The number of nitrogens with one attached hydrogen (secondary N) is 1. The normalized spacial score (nSPS) is 11.3. The van der Waals surface area contributed by atoms with E-state index in [1.807, 2.05) is 18.2 Å². The molecular weight excluding hydrogens is 286 g/mol. The molecular formula is C19H29N3O. The largest absolute Gasteiger partial charge is 0.321 e. The SMILES string of the molecule is CCCc1cc2cccnc2n(NCCCCCC(C)C)c1=O. The van der Waals surface area contributed by atoms with E-state index in [2.05, 4.69) is 31.2 Å². The zero-order valence-corrected chi connectivity index (χ0v) is 14.6. The van der Waals surface area contributed by atoms with Gasteiger partial charge in [0, 0.05) is 23.7 Å². The lowest BCUT2D eigenvalue weighted by molar-refractivity contribution is 0.528. The Balaban J connectivity index is 2.09. The molecule has 23 heavy (non-hydrogen) atoms. The third-order valence-electron chi connectivity index (χ3n) is 4.08. The molecule has 4 heteroatoms. The highest BCUT2D eigenvalue weighted by molar-refractivity contribution is 5.75. The molecule has 0 aliphatic heterocycles. The van der Waals surface area contributed by atoms with Crippen molar-refractivity contribution in [2.24, 2.45) is 5.92 Å². The molecule has 2 heterocycles. The third kappa shape index (κ3) is 4.81. The summed E-state index contributed by atoms with van der Waals surface area (Å²) in [5, 5.41) is 1.02. The van der Waals surface area contributed by atoms with Gasteiger partial charge in [-0.25, -0.2) is 9.66 Å². The summed E-state index contributed by atoms with van der Waals surface area (Å²) >= 11 is 0. The number of hydrogen-bond acceptors (Lipinski definition) is 3. The second kappa shape index (κ2) is 8.70. The second-order valence-electron chi connectivity index (χ2n) is 6.63. The van der Waals surface area contributed by atoms with Crippen LogP contribution in [0.3, 0.4) is 0 Å². The van der Waals surface area contributed by atoms with Crippen LogP contribution in [0.4, 0.5) is 0 Å². The van der Waals surface area contributed by atoms with Crippen molar-refractivity contribution in [3.05, 3.63) is 40.3 Å². The van der Waals surface area contributed by atoms with Gasteiger partial charge in [0.1, 0.15) is 0 Å². The molecule has 0 saturated carbocycles. The van der Waals surface area contributed by atoms with Crippen LogP contribution in [-0.2, 0) is 6.42 Å². The fourth-order valence-electron chi connectivity index (χ4n) is 2.84. The summed E-state index contributed by atoms with van der Waals surface area (Å²) < 4.78 is 1.64. The Morgan fingerprint density at radius 3 is 2.83 bits per heavy atom. The highest BCUT2D eigenvalue weighted by Crippen LogP contribution is 2.11. The maximum absolute atomic E-state index is 12.6. The summed E-state index contributed by atoms with van der Waals surface area (Å²) in [4.78, 5) is 17.0. The molecule has 0 saturated heterocycles. The van der Waals surface area contributed by atoms with Gasteiger partial charge in [-0.1, -0.05) is 46.5 Å². The number of unbranched alkanes of at least 4 members (excludes halogenated alkanes) is 2. The van der Waals surface area contributed by atoms with Crippen LogP contribution in [0.2, 0.25) is 0 Å². The van der Waals surface area contributed by atoms with Crippen LogP contribution >= 0.6 is 0 Å². The second-order valence-corrected chi connectivity index (χ2v) is 6.63. The number of pyridine rings is 2. The first-order chi connectivity index (χ1) is 11.1. The fraction of sp³-hybridized carbons (Fsp3) is 0.579. The van der Waals surface area contributed by atoms with E-state index in [9.17, 15) is 4.79 Å². The number of aryl methyl sites for hydroxylation is 1. The Hall–Kier alpha value is -1.84. The lowest BCUT2D eigenvalue weighted by Gasteiger charge is -2.14. The molecule has 4 nitrogen and oxygen atoms in total. The van der Waals surface area contributed by atoms with Crippen molar-refractivity contribution in [2.45, 2.75) is 59.3 Å². The van der Waals surface area contributed by atoms with Crippen molar-refractivity contribution < 1.29 is 0 Å². The average Bonchev–Trinajstić information content (AvgIpc) is 2.53. The Kier molecular flexibility index (Phi) is 6.63. The lowest BCUT2D eigenvalue weighted by atomic mass is 10.1. The van der Waals surface area contributed by atoms with E-state index in [1.54, 1.807) is 10.9 Å². The number of rotatable bonds is 9. The van der Waals surface area contributed by atoms with E-state index in [0.29, 0.717) is 0 Å². The van der Waals surface area contributed by atoms with Crippen molar-refractivity contribution >= 4 is 11.0 Å². The fourth-order valence-corrected chi connectivity index (χ4v) is 2.84. The molecule has 0 fully saturated rings. The van der Waals surface area contributed by atoms with Gasteiger partial charge in [0.2, 0.25) is 0 Å². The van der Waals surface area contributed by atoms with Crippen LogP contribution in [0.5, 0.6) is 0 Å². The molecule has 0 aliphatic rings. The predicted octanol–water partition coefficient (Wildman–Crippen LogP) is 4.11. The highest BCUT2D eigenvalue weighted by atomic mass is 16.1. The smallest absolute Gasteiger partial charge is 0.274 e. The maximum Gasteiger partial charge on any atom is 0.274 e. The molecule has 0 aromatic carbocycles. The van der Waals surface area contributed by atoms with Crippen molar-refractivity contribution in [3.8, 4) is 0 Å². The van der Waals surface area contributed by atoms with E-state index in [4.69, 9.17) is 0 Å². The van der Waals surface area contributed by atoms with Crippen LogP contribution in [0, 0.1) is 5.92 Å². The molecule has 2 aromatic rings. The summed E-state index contributed by atoms with van der Waals surface area (Å²) in [7, 11) is 0. The van der Waals surface area contributed by atoms with E-state index >= 15 is 0 Å². The Morgan fingerprint density at radius 1 is 1.26 bits per heavy atom. The molecule has 0 atom stereocenters. The number of fused-ring (bicyclic) bond motifs is 1. The quantitative estimate of drug-likeness (QED) is 0.708. The highest BCUT2D eigenvalue weighted by Gasteiger charge is 2.09. The third-order valence-corrected chi connectivity index (χ3v) is 4.08. The van der Waals surface area contributed by atoms with Gasteiger partial charge in [-0.05, 0) is 37.0 Å². The van der Waals surface area contributed by atoms with Crippen molar-refractivity contribution in [1.82, 2.24) is 9.66 Å². The molecule has 126 valence electrons. The minimum Gasteiger partial charge on any atom is -0.321 e. The summed E-state index contributed by atoms with van der Waals surface area (Å²) in [6.07, 6.45) is 8.31. The molecule has 0 bridgehead atoms. The summed E-state index contributed by atoms with van der Waals surface area (Å²) in [5.74, 6) is 0.768. The zero-order valence-electron chi connectivity index (χ0n) is 14.6. The van der Waals surface area contributed by atoms with Crippen molar-refractivity contribution in [2.75, 3.05) is 12.0 Å². The summed E-state index contributed by atoms with van der Waals surface area (Å²) in [5.41, 5.74) is 4.91. The predicted molar refractivity (Wildman–Crippen MR) is 97.5 cm³/mol. The van der Waals surface area contributed by atoms with Crippen LogP contribution in [-0.4, -0.2) is 16.2 Å². The van der Waals surface area contributed by atoms with Gasteiger partial charge in [0.05, 0.1) is 0 Å². The van der Waals surface area contributed by atoms with Crippen LogP contribution in [0.1, 0.15) is 58.4 Å². The molecule has 1 N–H and O–H groups in total. The van der Waals surface area contributed by atoms with Gasteiger partial charge in [-0.15, -0.1) is 0 Å². The van der Waals surface area contributed by atoms with E-state index in [0.717, 1.165) is 48.3 Å². The number of nitrogens with zero attached hydrogens (tertiary/aromatic N) is 2. The molecule has 0 amide bonds. The molecule has 2 rings (SSSR count). The Bertz CT molecular complexity index is 676. The topological polar surface area (TPSA) is 46.9 Å². The van der Waals surface area contributed by atoms with Gasteiger partial charge < -0.3 is 5.43 Å². The number of aromatic nitrogens is 2. The van der Waals surface area contributed by atoms with Gasteiger partial charge in [-0.2, -0.15) is 0 Å². The molecule has 0 radical (unpaired) electrons. The van der Waals surface area contributed by atoms with Gasteiger partial charge in [-0.3, -0.25) is 4.79 Å². The molecule has 2 aromatic heterocycles. The minimum absolute atomic E-state index is 0.0419. The van der Waals surface area contributed by atoms with Crippen LogP contribution in [0.15, 0.2) is 29.2 Å². The van der Waals surface area contributed by atoms with E-state index in [1.165, 1.54) is 19.3 Å². The van der Waals surface area contributed by atoms with Crippen LogP contribution in [0.25, 0.3) is 11.0 Å². The first kappa shape index (κ1) is 17.5. The van der Waals surface area contributed by atoms with E-state index in [-0.39, 0.29) is 5.56 Å². The summed E-state index contributed by atoms with van der Waals surface area (Å²) in [6.45, 7) is 7.42. The van der Waals surface area contributed by atoms with Gasteiger partial charge in [0.25, 0.3) is 5.56 Å². The van der Waals surface area contributed by atoms with E-state index < -0.39 is 0 Å². The molecule has 0 aliphatic carbocycles. The maximum atomic E-state index is 12.6. The van der Waals surface area contributed by atoms with Gasteiger partial charge >= 0.3 is 0 Å². The monoisotopic (exact) mass is 315 g/mol. The van der Waals surface area contributed by atoms with Crippen molar-refractivity contribution in [3.63, 3.8) is 0 Å². The zero-order chi connectivity index (χ0) is 16.7. The Labute approximate surface area is 138 Å². The molecule has 0 spiro atoms. The Morgan fingerprint density at radius 2 is 2.09 bits per heavy atom. The molecule has 0 unspecified atom stereocenters. The average molecular weight is 315 g/mol. The van der Waals surface area contributed by atoms with Crippen LogP contribution < -0.4 is 11.0 Å². The van der Waals surface area contributed by atoms with Crippen molar-refractivity contribution in [1.29, 1.82) is 0 Å². The first-order valence-corrected chi connectivity index (χ1v) is 8.87. The number of hydrogen-bond donors (Lipinski definition) is 1. The lowest BCUT2D eigenvalue weighted by Crippen LogP contribution is -2.32. The minimum atomic E-state index is 0.0419. The summed E-state index contributed by atoms with van der Waals surface area (Å²) in [6, 6.07) is 5.91. The van der Waals surface area contributed by atoms with Gasteiger partial charge in [0.15, 0.2) is 5.65 Å².